The van der Waals surface area contributed by atoms with Crippen LogP contribution in [0, 0.1) is 5.92 Å². The van der Waals surface area contributed by atoms with E-state index in [1.165, 1.54) is 0 Å². The van der Waals surface area contributed by atoms with Gasteiger partial charge in [0.15, 0.2) is 0 Å². The normalized spacial score (nSPS) is 24.3. The second kappa shape index (κ2) is 3.88. The van der Waals surface area contributed by atoms with Crippen molar-refractivity contribution >= 4 is 26.0 Å². The third-order valence-corrected chi connectivity index (χ3v) is 4.52. The van der Waals surface area contributed by atoms with Crippen molar-refractivity contribution in [1.82, 2.24) is 4.72 Å². The van der Waals surface area contributed by atoms with E-state index in [1.807, 2.05) is 13.0 Å². The topological polar surface area (TPSA) is 46.2 Å². The summed E-state index contributed by atoms with van der Waals surface area (Å²) in [6.07, 6.45) is 0.793. The zero-order chi connectivity index (χ0) is 11.1. The van der Waals surface area contributed by atoms with E-state index < -0.39 is 10.0 Å². The van der Waals surface area contributed by atoms with Gasteiger partial charge in [0.2, 0.25) is 10.0 Å². The second-order valence-corrected chi connectivity index (χ2v) is 6.56. The van der Waals surface area contributed by atoms with Gasteiger partial charge in [0.05, 0.1) is 4.90 Å². The van der Waals surface area contributed by atoms with Crippen molar-refractivity contribution in [3.05, 3.63) is 28.2 Å². The lowest BCUT2D eigenvalue weighted by atomic mass is 10.0. The van der Waals surface area contributed by atoms with E-state index in [9.17, 15) is 8.42 Å². The third kappa shape index (κ3) is 2.24. The SMILES string of the molecule is C[C@@H]1CNS(=O)(=O)c2ccc(Br)cc2C1. The van der Waals surface area contributed by atoms with Crippen molar-refractivity contribution in [2.75, 3.05) is 6.54 Å². The zero-order valence-corrected chi connectivity index (χ0v) is 10.7. The Morgan fingerprint density at radius 1 is 1.47 bits per heavy atom. The van der Waals surface area contributed by atoms with Gasteiger partial charge in [-0.15, -0.1) is 0 Å². The minimum atomic E-state index is -3.30. The predicted molar refractivity (Wildman–Crippen MR) is 62.2 cm³/mol. The van der Waals surface area contributed by atoms with Crippen LogP contribution in [0.15, 0.2) is 27.6 Å². The minimum absolute atomic E-state index is 0.329. The number of rotatable bonds is 0. The van der Waals surface area contributed by atoms with Gasteiger partial charge in [0.1, 0.15) is 0 Å². The first-order chi connectivity index (χ1) is 6.99. The molecular formula is C10H12BrNO2S. The summed E-state index contributed by atoms with van der Waals surface area (Å²) in [6.45, 7) is 2.55. The molecule has 5 heteroatoms. The van der Waals surface area contributed by atoms with Gasteiger partial charge >= 0.3 is 0 Å². The molecule has 0 saturated heterocycles. The largest absolute Gasteiger partial charge is 0.240 e. The Morgan fingerprint density at radius 2 is 2.20 bits per heavy atom. The van der Waals surface area contributed by atoms with Crippen LogP contribution in [0.5, 0.6) is 0 Å². The molecular weight excluding hydrogens is 278 g/mol. The van der Waals surface area contributed by atoms with Gasteiger partial charge in [-0.05, 0) is 36.1 Å². The molecule has 0 spiro atoms. The number of benzene rings is 1. The Bertz CT molecular complexity index is 484. The molecule has 0 amide bonds. The van der Waals surface area contributed by atoms with Gasteiger partial charge in [-0.25, -0.2) is 13.1 Å². The van der Waals surface area contributed by atoms with Gasteiger partial charge < -0.3 is 0 Å². The molecule has 1 aromatic rings. The standard InChI is InChI=1S/C10H12BrNO2S/c1-7-4-8-5-9(11)2-3-10(8)15(13,14)12-6-7/h2-3,5,7,12H,4,6H2,1H3/t7-/m0/s1. The molecule has 1 heterocycles. The minimum Gasteiger partial charge on any atom is -0.211 e. The van der Waals surface area contributed by atoms with Gasteiger partial charge in [0.25, 0.3) is 0 Å². The fourth-order valence-electron chi connectivity index (χ4n) is 1.75. The zero-order valence-electron chi connectivity index (χ0n) is 8.33. The van der Waals surface area contributed by atoms with Crippen LogP contribution in [0.2, 0.25) is 0 Å². The number of hydrogen-bond acceptors (Lipinski definition) is 2. The molecule has 1 aliphatic heterocycles. The Morgan fingerprint density at radius 3 is 2.93 bits per heavy atom. The van der Waals surface area contributed by atoms with Crippen LogP contribution in [-0.2, 0) is 16.4 Å². The average molecular weight is 290 g/mol. The molecule has 0 bridgehead atoms. The number of halogens is 1. The molecule has 1 aliphatic rings. The third-order valence-electron chi connectivity index (χ3n) is 2.50. The summed E-state index contributed by atoms with van der Waals surface area (Å²) in [7, 11) is -3.30. The van der Waals surface area contributed by atoms with Gasteiger partial charge in [-0.2, -0.15) is 0 Å². The molecule has 3 nitrogen and oxygen atoms in total. The number of sulfonamides is 1. The molecule has 1 atom stereocenters. The summed E-state index contributed by atoms with van der Waals surface area (Å²) >= 11 is 3.36. The molecule has 0 saturated carbocycles. The maximum atomic E-state index is 11.8. The first-order valence-electron chi connectivity index (χ1n) is 4.77. The average Bonchev–Trinajstić information content (AvgIpc) is 2.24. The van der Waals surface area contributed by atoms with Crippen LogP contribution in [-0.4, -0.2) is 15.0 Å². The first kappa shape index (κ1) is 11.1. The predicted octanol–water partition coefficient (Wildman–Crippen LogP) is 1.92. The first-order valence-corrected chi connectivity index (χ1v) is 7.05. The molecule has 0 aliphatic carbocycles. The van der Waals surface area contributed by atoms with Crippen LogP contribution in [0.3, 0.4) is 0 Å². The maximum absolute atomic E-state index is 11.8. The lowest BCUT2D eigenvalue weighted by Gasteiger charge is -2.06. The molecule has 0 radical (unpaired) electrons. The van der Waals surface area contributed by atoms with E-state index in [-0.39, 0.29) is 0 Å². The van der Waals surface area contributed by atoms with Gasteiger partial charge in [-0.3, -0.25) is 0 Å². The Kier molecular flexibility index (Phi) is 2.87. The van der Waals surface area contributed by atoms with Crippen molar-refractivity contribution in [2.45, 2.75) is 18.2 Å². The van der Waals surface area contributed by atoms with E-state index in [0.717, 1.165) is 16.5 Å². The molecule has 82 valence electrons. The highest BCUT2D eigenvalue weighted by Crippen LogP contribution is 2.25. The molecule has 15 heavy (non-hydrogen) atoms. The van der Waals surface area contributed by atoms with E-state index in [2.05, 4.69) is 20.7 Å². The summed E-state index contributed by atoms with van der Waals surface area (Å²) in [5, 5.41) is 0. The van der Waals surface area contributed by atoms with Crippen molar-refractivity contribution in [3.63, 3.8) is 0 Å². The summed E-state index contributed by atoms with van der Waals surface area (Å²) in [4.78, 5) is 0.412. The molecule has 1 N–H and O–H groups in total. The Balaban J connectivity index is 2.61. The molecule has 0 fully saturated rings. The quantitative estimate of drug-likeness (QED) is 0.793. The van der Waals surface area contributed by atoms with Crippen LogP contribution in [0.4, 0.5) is 0 Å². The summed E-state index contributed by atoms with van der Waals surface area (Å²) in [6, 6.07) is 5.30. The van der Waals surface area contributed by atoms with Crippen molar-refractivity contribution in [3.8, 4) is 0 Å². The molecule has 0 unspecified atom stereocenters. The lowest BCUT2D eigenvalue weighted by molar-refractivity contribution is 0.552. The van der Waals surface area contributed by atoms with E-state index in [4.69, 9.17) is 0 Å². The molecule has 1 aromatic carbocycles. The molecule has 2 rings (SSSR count). The van der Waals surface area contributed by atoms with Gasteiger partial charge in [-0.1, -0.05) is 22.9 Å². The van der Waals surface area contributed by atoms with Crippen LogP contribution >= 0.6 is 15.9 Å². The fourth-order valence-corrected chi connectivity index (χ4v) is 3.55. The van der Waals surface area contributed by atoms with Crippen LogP contribution in [0.1, 0.15) is 12.5 Å². The van der Waals surface area contributed by atoms with Gasteiger partial charge in [0, 0.05) is 11.0 Å². The highest BCUT2D eigenvalue weighted by molar-refractivity contribution is 9.10. The summed E-state index contributed by atoms with van der Waals surface area (Å²) in [5.41, 5.74) is 0.891. The van der Waals surface area contributed by atoms with Crippen molar-refractivity contribution in [2.24, 2.45) is 5.92 Å². The Hall–Kier alpha value is -0.390. The highest BCUT2D eigenvalue weighted by Gasteiger charge is 2.23. The van der Waals surface area contributed by atoms with Crippen LogP contribution in [0.25, 0.3) is 0 Å². The number of hydrogen-bond donors (Lipinski definition) is 1. The Labute approximate surface area is 98.1 Å². The van der Waals surface area contributed by atoms with E-state index >= 15 is 0 Å². The van der Waals surface area contributed by atoms with Crippen molar-refractivity contribution in [1.29, 1.82) is 0 Å². The highest BCUT2D eigenvalue weighted by atomic mass is 79.9. The van der Waals surface area contributed by atoms with Crippen LogP contribution < -0.4 is 4.72 Å². The maximum Gasteiger partial charge on any atom is 0.240 e. The summed E-state index contributed by atoms with van der Waals surface area (Å²) in [5.74, 6) is 0.329. The smallest absolute Gasteiger partial charge is 0.211 e. The number of fused-ring (bicyclic) bond motifs is 1. The lowest BCUT2D eigenvalue weighted by Crippen LogP contribution is -2.26. The van der Waals surface area contributed by atoms with Crippen molar-refractivity contribution < 1.29 is 8.42 Å². The molecule has 0 aromatic heterocycles. The second-order valence-electron chi connectivity index (χ2n) is 3.91. The fraction of sp³-hybridized carbons (Fsp3) is 0.400. The summed E-state index contributed by atoms with van der Waals surface area (Å²) < 4.78 is 27.2. The van der Waals surface area contributed by atoms with E-state index in [1.54, 1.807) is 12.1 Å². The van der Waals surface area contributed by atoms with E-state index in [0.29, 0.717) is 17.4 Å². The monoisotopic (exact) mass is 289 g/mol. The number of nitrogens with one attached hydrogen (secondary N) is 1.